The van der Waals surface area contributed by atoms with Crippen LogP contribution in [0, 0.1) is 0 Å². The van der Waals surface area contributed by atoms with Crippen LogP contribution in [-0.4, -0.2) is 17.5 Å². The van der Waals surface area contributed by atoms with Gasteiger partial charge in [-0.3, -0.25) is 0 Å². The third-order valence-electron chi connectivity index (χ3n) is 3.03. The van der Waals surface area contributed by atoms with Crippen molar-refractivity contribution < 1.29 is 0 Å². The molecule has 0 spiro atoms. The van der Waals surface area contributed by atoms with E-state index in [0.717, 1.165) is 28.4 Å². The van der Waals surface area contributed by atoms with Gasteiger partial charge in [-0.2, -0.15) is 0 Å². The maximum Gasteiger partial charge on any atom is 0.191 e. The minimum Gasteiger partial charge on any atom is -0.357 e. The number of guanidine groups is 1. The quantitative estimate of drug-likeness (QED) is 0.346. The summed E-state index contributed by atoms with van der Waals surface area (Å²) in [6.45, 7) is 6.41. The Labute approximate surface area is 167 Å². The Morgan fingerprint density at radius 1 is 1.22 bits per heavy atom. The summed E-state index contributed by atoms with van der Waals surface area (Å²) in [5.74, 6) is 0.818. The van der Waals surface area contributed by atoms with Gasteiger partial charge in [-0.05, 0) is 31.0 Å². The molecular weight excluding hydrogens is 487 g/mol. The Bertz CT molecular complexity index is 613. The fourth-order valence-electron chi connectivity index (χ4n) is 1.85. The molecule has 1 aromatic carbocycles. The lowest BCUT2D eigenvalue weighted by atomic mass is 10.2. The molecule has 0 saturated carbocycles. The Kier molecular flexibility index (Phi) is 9.73. The second-order valence-electron chi connectivity index (χ2n) is 4.75. The highest BCUT2D eigenvalue weighted by Crippen LogP contribution is 2.13. The fraction of sp³-hybridized carbons (Fsp3) is 0.375. The first-order chi connectivity index (χ1) is 10.7. The van der Waals surface area contributed by atoms with Gasteiger partial charge in [0.05, 0.1) is 13.1 Å². The van der Waals surface area contributed by atoms with Crippen LogP contribution in [-0.2, 0) is 19.5 Å². The number of benzene rings is 1. The van der Waals surface area contributed by atoms with Crippen LogP contribution in [0.5, 0.6) is 0 Å². The Balaban J connectivity index is 0.00000264. The third-order valence-corrected chi connectivity index (χ3v) is 4.70. The van der Waals surface area contributed by atoms with Crippen molar-refractivity contribution in [1.29, 1.82) is 0 Å². The van der Waals surface area contributed by atoms with E-state index in [-0.39, 0.29) is 24.0 Å². The number of aromatic nitrogens is 1. The first-order valence-electron chi connectivity index (χ1n) is 7.41. The summed E-state index contributed by atoms with van der Waals surface area (Å²) in [7, 11) is 0. The highest BCUT2D eigenvalue weighted by atomic mass is 127. The molecule has 7 heteroatoms. The highest BCUT2D eigenvalue weighted by molar-refractivity contribution is 14.0. The topological polar surface area (TPSA) is 49.3 Å². The van der Waals surface area contributed by atoms with Crippen molar-refractivity contribution in [1.82, 2.24) is 15.6 Å². The van der Waals surface area contributed by atoms with Crippen molar-refractivity contribution in [2.45, 2.75) is 33.4 Å². The summed E-state index contributed by atoms with van der Waals surface area (Å²) in [6.07, 6.45) is 2.99. The number of hydrogen-bond donors (Lipinski definition) is 2. The summed E-state index contributed by atoms with van der Waals surface area (Å²) in [4.78, 5) is 10.3. The lowest BCUT2D eigenvalue weighted by molar-refractivity contribution is 0.811. The Morgan fingerprint density at radius 3 is 2.57 bits per heavy atom. The van der Waals surface area contributed by atoms with Gasteiger partial charge < -0.3 is 10.6 Å². The summed E-state index contributed by atoms with van der Waals surface area (Å²) in [6, 6.07) is 8.22. The molecule has 1 aromatic heterocycles. The lowest BCUT2D eigenvalue weighted by Crippen LogP contribution is -2.36. The second-order valence-corrected chi connectivity index (χ2v) is 6.86. The normalized spacial score (nSPS) is 11.0. The van der Waals surface area contributed by atoms with Gasteiger partial charge in [0.25, 0.3) is 0 Å². The average molecular weight is 509 g/mol. The SMILES string of the molecule is CCNC(=NCc1ccc(Br)cc1)NCc1ncc(CC)s1.I. The van der Waals surface area contributed by atoms with E-state index in [1.165, 1.54) is 10.4 Å². The molecule has 1 heterocycles. The van der Waals surface area contributed by atoms with Crippen molar-refractivity contribution in [3.05, 3.63) is 50.4 Å². The minimum atomic E-state index is 0. The zero-order valence-electron chi connectivity index (χ0n) is 13.3. The van der Waals surface area contributed by atoms with Crippen molar-refractivity contribution in [3.8, 4) is 0 Å². The molecular formula is C16H22BrIN4S. The van der Waals surface area contributed by atoms with E-state index in [0.29, 0.717) is 13.1 Å². The zero-order chi connectivity index (χ0) is 15.8. The first-order valence-corrected chi connectivity index (χ1v) is 9.02. The van der Waals surface area contributed by atoms with E-state index in [1.54, 1.807) is 11.3 Å². The van der Waals surface area contributed by atoms with E-state index in [9.17, 15) is 0 Å². The van der Waals surface area contributed by atoms with Crippen molar-refractivity contribution >= 4 is 57.2 Å². The number of hydrogen-bond acceptors (Lipinski definition) is 3. The number of rotatable bonds is 6. The molecule has 0 bridgehead atoms. The summed E-state index contributed by atoms with van der Waals surface area (Å²) in [5, 5.41) is 7.68. The molecule has 0 amide bonds. The number of thiazole rings is 1. The molecule has 2 N–H and O–H groups in total. The lowest BCUT2D eigenvalue weighted by Gasteiger charge is -2.10. The largest absolute Gasteiger partial charge is 0.357 e. The van der Waals surface area contributed by atoms with E-state index in [1.807, 2.05) is 18.3 Å². The second kappa shape index (κ2) is 11.0. The molecule has 0 atom stereocenters. The standard InChI is InChI=1S/C16H21BrN4S.HI/c1-3-14-10-19-15(22-14)11-21-16(18-4-2)20-9-12-5-7-13(17)8-6-12;/h5-8,10H,3-4,9,11H2,1-2H3,(H2,18,20,21);1H. The molecule has 0 aliphatic rings. The number of nitrogens with one attached hydrogen (secondary N) is 2. The molecule has 2 rings (SSSR count). The van der Waals surface area contributed by atoms with Crippen LogP contribution in [0.4, 0.5) is 0 Å². The van der Waals surface area contributed by atoms with Gasteiger partial charge in [-0.1, -0.05) is 35.0 Å². The molecule has 0 saturated heterocycles. The molecule has 126 valence electrons. The summed E-state index contributed by atoms with van der Waals surface area (Å²) >= 11 is 5.19. The summed E-state index contributed by atoms with van der Waals surface area (Å²) < 4.78 is 1.08. The summed E-state index contributed by atoms with van der Waals surface area (Å²) in [5.41, 5.74) is 1.18. The predicted octanol–water partition coefficient (Wildman–Crippen LogP) is 4.34. The van der Waals surface area contributed by atoms with E-state index < -0.39 is 0 Å². The van der Waals surface area contributed by atoms with Gasteiger partial charge in [0.1, 0.15) is 5.01 Å². The molecule has 2 aromatic rings. The van der Waals surface area contributed by atoms with Gasteiger partial charge in [0, 0.05) is 22.1 Å². The van der Waals surface area contributed by atoms with Crippen molar-refractivity contribution in [2.24, 2.45) is 4.99 Å². The van der Waals surface area contributed by atoms with Crippen molar-refractivity contribution in [2.75, 3.05) is 6.54 Å². The predicted molar refractivity (Wildman–Crippen MR) is 113 cm³/mol. The highest BCUT2D eigenvalue weighted by Gasteiger charge is 2.02. The van der Waals surface area contributed by atoms with Crippen LogP contribution in [0.2, 0.25) is 0 Å². The van der Waals surface area contributed by atoms with Crippen LogP contribution in [0.3, 0.4) is 0 Å². The first kappa shape index (κ1) is 20.4. The molecule has 0 radical (unpaired) electrons. The number of nitrogens with zero attached hydrogens (tertiary/aromatic N) is 2. The molecule has 0 aliphatic carbocycles. The van der Waals surface area contributed by atoms with Crippen molar-refractivity contribution in [3.63, 3.8) is 0 Å². The van der Waals surface area contributed by atoms with E-state index >= 15 is 0 Å². The molecule has 4 nitrogen and oxygen atoms in total. The van der Waals surface area contributed by atoms with E-state index in [2.05, 4.69) is 62.5 Å². The number of aliphatic imine (C=N–C) groups is 1. The van der Waals surface area contributed by atoms with Crippen LogP contribution >= 0.6 is 51.2 Å². The van der Waals surface area contributed by atoms with E-state index in [4.69, 9.17) is 0 Å². The number of halogens is 2. The minimum absolute atomic E-state index is 0. The fourth-order valence-corrected chi connectivity index (χ4v) is 2.92. The smallest absolute Gasteiger partial charge is 0.191 e. The Morgan fingerprint density at radius 2 is 1.96 bits per heavy atom. The maximum absolute atomic E-state index is 4.61. The van der Waals surface area contributed by atoms with Crippen LogP contribution < -0.4 is 10.6 Å². The molecule has 0 fully saturated rings. The maximum atomic E-state index is 4.61. The monoisotopic (exact) mass is 508 g/mol. The Hall–Kier alpha value is -0.670. The van der Waals surface area contributed by atoms with Gasteiger partial charge in [-0.15, -0.1) is 35.3 Å². The van der Waals surface area contributed by atoms with Gasteiger partial charge in [0.15, 0.2) is 5.96 Å². The molecule has 0 unspecified atom stereocenters. The number of aryl methyl sites for hydroxylation is 1. The van der Waals surface area contributed by atoms with Gasteiger partial charge in [-0.25, -0.2) is 9.98 Å². The molecule has 23 heavy (non-hydrogen) atoms. The zero-order valence-corrected chi connectivity index (χ0v) is 18.0. The average Bonchev–Trinajstić information content (AvgIpc) is 3.00. The van der Waals surface area contributed by atoms with Crippen LogP contribution in [0.25, 0.3) is 0 Å². The molecule has 0 aliphatic heterocycles. The van der Waals surface area contributed by atoms with Crippen LogP contribution in [0.1, 0.15) is 29.3 Å². The van der Waals surface area contributed by atoms with Crippen LogP contribution in [0.15, 0.2) is 39.9 Å². The van der Waals surface area contributed by atoms with Gasteiger partial charge in [0.2, 0.25) is 0 Å². The third kappa shape index (κ3) is 7.17. The van der Waals surface area contributed by atoms with Gasteiger partial charge >= 0.3 is 0 Å².